The molecule has 0 aliphatic rings. The highest BCUT2D eigenvalue weighted by atomic mass is 35.5. The first-order valence-electron chi connectivity index (χ1n) is 21.3. The van der Waals surface area contributed by atoms with E-state index in [9.17, 15) is 28.8 Å². The van der Waals surface area contributed by atoms with Crippen molar-refractivity contribution in [3.05, 3.63) is 117 Å². The maximum absolute atomic E-state index is 14.4. The van der Waals surface area contributed by atoms with E-state index in [1.165, 1.54) is 83.6 Å². The minimum atomic E-state index is -2.87. The summed E-state index contributed by atoms with van der Waals surface area (Å²) in [5.41, 5.74) is -2.32. The molecule has 0 radical (unpaired) electrons. The van der Waals surface area contributed by atoms with Gasteiger partial charge in [-0.1, -0.05) is 165 Å². The second kappa shape index (κ2) is 23.0. The van der Waals surface area contributed by atoms with Crippen LogP contribution in [0.15, 0.2) is 94.5 Å². The highest BCUT2D eigenvalue weighted by molar-refractivity contribution is 6.45. The number of ether oxygens (including phenoxy) is 2. The van der Waals surface area contributed by atoms with Gasteiger partial charge in [0, 0.05) is 11.1 Å². The van der Waals surface area contributed by atoms with Gasteiger partial charge < -0.3 is 14.8 Å². The quantitative estimate of drug-likeness (QED) is 0.0318. The Hall–Kier alpha value is -5.23. The summed E-state index contributed by atoms with van der Waals surface area (Å²) in [6.07, 6.45) is 12.0. The number of esters is 2. The van der Waals surface area contributed by atoms with Crippen LogP contribution in [-0.2, 0) is 35.4 Å². The number of nitrogens with zero attached hydrogens (tertiary/aromatic N) is 3. The van der Waals surface area contributed by atoms with E-state index in [2.05, 4.69) is 12.2 Å². The molecule has 4 rings (SSSR count). The van der Waals surface area contributed by atoms with Gasteiger partial charge in [-0.3, -0.25) is 9.59 Å². The van der Waals surface area contributed by atoms with E-state index in [0.29, 0.717) is 22.2 Å². The maximum Gasteiger partial charge on any atom is 0.354 e. The van der Waals surface area contributed by atoms with Crippen molar-refractivity contribution in [3.8, 4) is 5.69 Å². The zero-order chi connectivity index (χ0) is 43.7. The highest BCUT2D eigenvalue weighted by Crippen LogP contribution is 2.33. The molecule has 1 amide bonds. The molecule has 2 atom stereocenters. The molecule has 1 N–H and O–H groups in total. The molecule has 4 aromatic rings. The number of Topliss-reactive ketones (excluding diaryl/α,β-unsaturated/α-hetero) is 1. The SMILES string of the molecule is CCCCCCCCCCCCOC(=O)C(CCCC)OC(=O)c1cccc(NC(=O)C(Cl)(C(=O)C(C)(C)C)n2c(=O)n(Cc3ccccc3)n(-c3ccccc3)c2=O)c1. The van der Waals surface area contributed by atoms with Gasteiger partial charge in [0.1, 0.15) is 0 Å². The molecule has 0 aliphatic carbocycles. The number of aromatic nitrogens is 3. The van der Waals surface area contributed by atoms with Crippen LogP contribution in [0.5, 0.6) is 0 Å². The van der Waals surface area contributed by atoms with Crippen molar-refractivity contribution in [1.29, 1.82) is 0 Å². The van der Waals surface area contributed by atoms with Crippen LogP contribution < -0.4 is 16.7 Å². The third-order valence-corrected chi connectivity index (χ3v) is 10.7. The summed E-state index contributed by atoms with van der Waals surface area (Å²) in [7, 11) is 0. The Morgan fingerprint density at radius 2 is 1.30 bits per heavy atom. The smallest absolute Gasteiger partial charge is 0.354 e. The lowest BCUT2D eigenvalue weighted by atomic mass is 9.85. The van der Waals surface area contributed by atoms with E-state index in [4.69, 9.17) is 21.1 Å². The number of para-hydroxylation sites is 1. The van der Waals surface area contributed by atoms with Gasteiger partial charge in [0.05, 0.1) is 24.4 Å². The van der Waals surface area contributed by atoms with Crippen LogP contribution in [0.4, 0.5) is 5.69 Å². The Balaban J connectivity index is 1.54. The van der Waals surface area contributed by atoms with E-state index in [1.54, 1.807) is 54.6 Å². The molecule has 0 spiro atoms. The Labute approximate surface area is 358 Å². The average molecular weight is 845 g/mol. The monoisotopic (exact) mass is 844 g/mol. The van der Waals surface area contributed by atoms with Crippen molar-refractivity contribution < 1.29 is 28.7 Å². The predicted octanol–water partition coefficient (Wildman–Crippen LogP) is 9.17. The number of hydrogen-bond donors (Lipinski definition) is 1. The molecule has 60 heavy (non-hydrogen) atoms. The average Bonchev–Trinajstić information content (AvgIpc) is 3.48. The predicted molar refractivity (Wildman–Crippen MR) is 235 cm³/mol. The fourth-order valence-corrected chi connectivity index (χ4v) is 7.34. The van der Waals surface area contributed by atoms with Crippen molar-refractivity contribution in [1.82, 2.24) is 13.9 Å². The lowest BCUT2D eigenvalue weighted by Crippen LogP contribution is -2.58. The lowest BCUT2D eigenvalue weighted by molar-refractivity contribution is -0.154. The molecule has 13 heteroatoms. The van der Waals surface area contributed by atoms with Gasteiger partial charge >= 0.3 is 23.3 Å². The largest absolute Gasteiger partial charge is 0.463 e. The van der Waals surface area contributed by atoms with Crippen LogP contribution in [0, 0.1) is 5.41 Å². The Morgan fingerprint density at radius 3 is 1.90 bits per heavy atom. The van der Waals surface area contributed by atoms with E-state index < -0.39 is 51.5 Å². The molecule has 12 nitrogen and oxygen atoms in total. The molecule has 0 bridgehead atoms. The molecule has 1 heterocycles. The molecular formula is C47H61ClN4O8. The molecular weight excluding hydrogens is 784 g/mol. The highest BCUT2D eigenvalue weighted by Gasteiger charge is 2.53. The van der Waals surface area contributed by atoms with Crippen LogP contribution in [0.25, 0.3) is 5.69 Å². The van der Waals surface area contributed by atoms with Crippen molar-refractivity contribution in [2.75, 3.05) is 11.9 Å². The summed E-state index contributed by atoms with van der Waals surface area (Å²) >= 11 is 7.08. The minimum absolute atomic E-state index is 0.00303. The van der Waals surface area contributed by atoms with Gasteiger partial charge in [-0.15, -0.1) is 0 Å². The first kappa shape index (κ1) is 47.4. The van der Waals surface area contributed by atoms with Crippen LogP contribution in [0.1, 0.15) is 134 Å². The van der Waals surface area contributed by atoms with Gasteiger partial charge in [-0.05, 0) is 55.2 Å². The summed E-state index contributed by atoms with van der Waals surface area (Å²) in [5, 5.41) is 2.57. The second-order valence-electron chi connectivity index (χ2n) is 16.2. The summed E-state index contributed by atoms with van der Waals surface area (Å²) in [4.78, 5) is 81.1. The molecule has 0 saturated carbocycles. The number of alkyl halides is 1. The molecule has 324 valence electrons. The number of benzene rings is 3. The first-order chi connectivity index (χ1) is 28.7. The Kier molecular flexibility index (Phi) is 18.2. The number of rotatable bonds is 24. The van der Waals surface area contributed by atoms with E-state index in [1.807, 2.05) is 13.0 Å². The lowest BCUT2D eigenvalue weighted by Gasteiger charge is -2.30. The third-order valence-electron chi connectivity index (χ3n) is 10.2. The number of carbonyl (C=O) groups is 4. The molecule has 0 saturated heterocycles. The first-order valence-corrected chi connectivity index (χ1v) is 21.7. The van der Waals surface area contributed by atoms with Crippen molar-refractivity contribution in [2.24, 2.45) is 5.41 Å². The second-order valence-corrected chi connectivity index (χ2v) is 16.8. The number of amides is 1. The normalized spacial score (nSPS) is 13.0. The summed E-state index contributed by atoms with van der Waals surface area (Å²) < 4.78 is 13.9. The van der Waals surface area contributed by atoms with Gasteiger partial charge in [-0.25, -0.2) is 28.4 Å². The summed E-state index contributed by atoms with van der Waals surface area (Å²) in [6.45, 7) is 8.90. The van der Waals surface area contributed by atoms with Crippen molar-refractivity contribution >= 4 is 40.9 Å². The number of halogens is 1. The zero-order valence-electron chi connectivity index (χ0n) is 35.8. The van der Waals surface area contributed by atoms with Gasteiger partial charge in [0.25, 0.3) is 10.9 Å². The molecule has 3 aromatic carbocycles. The zero-order valence-corrected chi connectivity index (χ0v) is 36.5. The molecule has 1 aromatic heterocycles. The topological polar surface area (TPSA) is 148 Å². The van der Waals surface area contributed by atoms with Gasteiger partial charge in [0.15, 0.2) is 11.9 Å². The number of anilines is 1. The van der Waals surface area contributed by atoms with Gasteiger partial charge in [0.2, 0.25) is 0 Å². The molecule has 0 aliphatic heterocycles. The number of ketones is 1. The van der Waals surface area contributed by atoms with Crippen LogP contribution in [0.3, 0.4) is 0 Å². The van der Waals surface area contributed by atoms with Crippen LogP contribution in [0.2, 0.25) is 0 Å². The standard InChI is InChI=1S/C47H61ClN4O8/c1-6-8-10-11-12-13-14-15-16-23-32-59-41(54)39(31-9-7-2)60-40(53)36-27-24-28-37(33-36)49-43(56)47(48,42(55)46(3,4)5)51-44(57)50(34-35-25-19-17-20-26-35)52(45(51)58)38-29-21-18-22-30-38/h17-22,24-30,33,39H,6-16,23,31-32,34H2,1-5H3,(H,49,56). The number of hydrogen-bond acceptors (Lipinski definition) is 8. The number of nitrogens with one attached hydrogen (secondary N) is 1. The van der Waals surface area contributed by atoms with E-state index >= 15 is 0 Å². The Bertz CT molecular complexity index is 2140. The number of carbonyl (C=O) groups excluding carboxylic acids is 4. The van der Waals surface area contributed by atoms with Crippen LogP contribution >= 0.6 is 11.6 Å². The van der Waals surface area contributed by atoms with Crippen LogP contribution in [-0.4, -0.2) is 50.3 Å². The fraction of sp³-hybridized carbons (Fsp3) is 0.489. The van der Waals surface area contributed by atoms with E-state index in [0.717, 1.165) is 41.5 Å². The van der Waals surface area contributed by atoms with Gasteiger partial charge in [-0.2, -0.15) is 4.68 Å². The van der Waals surface area contributed by atoms with Crippen molar-refractivity contribution in [2.45, 2.75) is 136 Å². The minimum Gasteiger partial charge on any atom is -0.463 e. The van der Waals surface area contributed by atoms with E-state index in [-0.39, 0.29) is 30.8 Å². The third kappa shape index (κ3) is 12.6. The van der Waals surface area contributed by atoms with Crippen molar-refractivity contribution in [3.63, 3.8) is 0 Å². The molecule has 2 unspecified atom stereocenters. The maximum atomic E-state index is 14.4. The molecule has 0 fully saturated rings. The summed E-state index contributed by atoms with van der Waals surface area (Å²) in [5.74, 6) is -3.56. The number of unbranched alkanes of at least 4 members (excludes halogenated alkanes) is 10. The summed E-state index contributed by atoms with van der Waals surface area (Å²) in [6, 6.07) is 23.0. The fourth-order valence-electron chi connectivity index (χ4n) is 6.87. The Morgan fingerprint density at radius 1 is 0.717 bits per heavy atom.